The van der Waals surface area contributed by atoms with Crippen molar-refractivity contribution in [2.75, 3.05) is 31.6 Å². The molecule has 3 fully saturated rings. The lowest BCUT2D eigenvalue weighted by atomic mass is 9.87. The van der Waals surface area contributed by atoms with E-state index in [4.69, 9.17) is 27.9 Å². The van der Waals surface area contributed by atoms with Crippen molar-refractivity contribution in [3.05, 3.63) is 63.8 Å². The average Bonchev–Trinajstić information content (AvgIpc) is 3.58. The molecule has 6 rings (SSSR count). The molecule has 2 aromatic carbocycles. The SMILES string of the molecule is CC1CN([C@H]2C[C@@H](CO[C@H]3CC[C@H](C(=O)O)CC3)N(C(=O)Cc3cc(Cl)c(NC(=O)c4cn(C)c5ccccc45)cc3Cl)C2)C1. The van der Waals surface area contributed by atoms with Gasteiger partial charge in [0.15, 0.2) is 0 Å². The van der Waals surface area contributed by atoms with Crippen LogP contribution in [0.2, 0.25) is 10.0 Å². The largest absolute Gasteiger partial charge is 0.481 e. The molecular weight excluding hydrogens is 615 g/mol. The van der Waals surface area contributed by atoms with E-state index in [-0.39, 0.29) is 42.3 Å². The van der Waals surface area contributed by atoms with Crippen molar-refractivity contribution < 1.29 is 24.2 Å². The van der Waals surface area contributed by atoms with E-state index in [0.717, 1.165) is 43.3 Å². The van der Waals surface area contributed by atoms with Gasteiger partial charge in [0.2, 0.25) is 5.91 Å². The Kier molecular flexibility index (Phi) is 9.43. The Morgan fingerprint density at radius 3 is 2.47 bits per heavy atom. The zero-order valence-corrected chi connectivity index (χ0v) is 27.2. The number of carboxylic acid groups (broad SMARTS) is 1. The topological polar surface area (TPSA) is 104 Å². The summed E-state index contributed by atoms with van der Waals surface area (Å²) in [5.41, 5.74) is 2.46. The van der Waals surface area contributed by atoms with Gasteiger partial charge < -0.3 is 24.6 Å². The number of para-hydroxylation sites is 1. The third-order valence-corrected chi connectivity index (χ3v) is 10.4. The monoisotopic (exact) mass is 654 g/mol. The van der Waals surface area contributed by atoms with Gasteiger partial charge in [-0.05, 0) is 61.8 Å². The zero-order valence-electron chi connectivity index (χ0n) is 25.7. The number of aliphatic carboxylic acids is 1. The number of halogens is 2. The van der Waals surface area contributed by atoms with Crippen LogP contribution in [-0.2, 0) is 27.8 Å². The third-order valence-electron chi connectivity index (χ3n) is 9.74. The number of aromatic nitrogens is 1. The fraction of sp³-hybridized carbons (Fsp3) is 0.500. The second-order valence-electron chi connectivity index (χ2n) is 13.0. The number of carbonyl (C=O) groups excluding carboxylic acids is 2. The number of rotatable bonds is 9. The number of carboxylic acids is 1. The molecule has 2 atom stereocenters. The molecule has 240 valence electrons. The zero-order chi connectivity index (χ0) is 31.8. The van der Waals surface area contributed by atoms with E-state index in [0.29, 0.717) is 58.8 Å². The summed E-state index contributed by atoms with van der Waals surface area (Å²) in [6, 6.07) is 11.2. The van der Waals surface area contributed by atoms with Crippen LogP contribution in [0.1, 0.15) is 54.9 Å². The van der Waals surface area contributed by atoms with E-state index in [9.17, 15) is 19.5 Å². The first kappa shape index (κ1) is 31.9. The Labute approximate surface area is 273 Å². The normalized spacial score (nSPS) is 24.1. The first-order valence-electron chi connectivity index (χ1n) is 15.8. The molecule has 1 aromatic heterocycles. The summed E-state index contributed by atoms with van der Waals surface area (Å²) in [7, 11) is 1.89. The number of aryl methyl sites for hydroxylation is 1. The Morgan fingerprint density at radius 2 is 1.76 bits per heavy atom. The Hall–Kier alpha value is -3.11. The van der Waals surface area contributed by atoms with Gasteiger partial charge in [-0.25, -0.2) is 0 Å². The molecule has 45 heavy (non-hydrogen) atoms. The Balaban J connectivity index is 1.12. The maximum absolute atomic E-state index is 13.8. The predicted molar refractivity (Wildman–Crippen MR) is 175 cm³/mol. The van der Waals surface area contributed by atoms with Crippen molar-refractivity contribution in [2.24, 2.45) is 18.9 Å². The number of amides is 2. The number of nitrogens with one attached hydrogen (secondary N) is 1. The predicted octanol–water partition coefficient (Wildman–Crippen LogP) is 5.86. The molecule has 2 aliphatic heterocycles. The summed E-state index contributed by atoms with van der Waals surface area (Å²) in [6.07, 6.45) is 5.43. The number of benzene rings is 2. The van der Waals surface area contributed by atoms with Gasteiger partial charge in [-0.2, -0.15) is 0 Å². The van der Waals surface area contributed by atoms with Crippen molar-refractivity contribution in [3.8, 4) is 0 Å². The van der Waals surface area contributed by atoms with E-state index in [1.165, 1.54) is 0 Å². The second kappa shape index (κ2) is 13.3. The van der Waals surface area contributed by atoms with Gasteiger partial charge in [0.05, 0.1) is 47.4 Å². The molecule has 0 spiro atoms. The highest BCUT2D eigenvalue weighted by molar-refractivity contribution is 6.36. The molecule has 1 aliphatic carbocycles. The molecule has 3 aromatic rings. The van der Waals surface area contributed by atoms with Gasteiger partial charge in [-0.1, -0.05) is 48.3 Å². The van der Waals surface area contributed by atoms with Gasteiger partial charge in [0.25, 0.3) is 5.91 Å². The van der Waals surface area contributed by atoms with Gasteiger partial charge in [0, 0.05) is 54.8 Å². The molecule has 2 N–H and O–H groups in total. The molecule has 3 heterocycles. The molecule has 3 aliphatic rings. The minimum Gasteiger partial charge on any atom is -0.481 e. The van der Waals surface area contributed by atoms with Crippen LogP contribution >= 0.6 is 23.2 Å². The van der Waals surface area contributed by atoms with Crippen molar-refractivity contribution >= 4 is 57.6 Å². The molecule has 11 heteroatoms. The lowest BCUT2D eigenvalue weighted by molar-refractivity contribution is -0.144. The van der Waals surface area contributed by atoms with Gasteiger partial charge >= 0.3 is 5.97 Å². The van der Waals surface area contributed by atoms with E-state index in [2.05, 4.69) is 17.1 Å². The fourth-order valence-electron chi connectivity index (χ4n) is 7.18. The molecule has 0 radical (unpaired) electrons. The molecule has 1 saturated carbocycles. The number of ether oxygens (including phenoxy) is 1. The summed E-state index contributed by atoms with van der Waals surface area (Å²) in [5.74, 6) is -0.696. The van der Waals surface area contributed by atoms with E-state index >= 15 is 0 Å². The molecular formula is C34H40Cl2N4O5. The number of nitrogens with zero attached hydrogens (tertiary/aromatic N) is 3. The first-order chi connectivity index (χ1) is 21.6. The van der Waals surface area contributed by atoms with Crippen molar-refractivity contribution in [3.63, 3.8) is 0 Å². The van der Waals surface area contributed by atoms with Crippen LogP contribution in [0.4, 0.5) is 5.69 Å². The maximum atomic E-state index is 13.8. The first-order valence-corrected chi connectivity index (χ1v) is 16.5. The number of carbonyl (C=O) groups is 3. The van der Waals surface area contributed by atoms with Crippen molar-refractivity contribution in [2.45, 2.75) is 63.6 Å². The Morgan fingerprint density at radius 1 is 1.02 bits per heavy atom. The van der Waals surface area contributed by atoms with Gasteiger partial charge in [-0.3, -0.25) is 19.3 Å². The molecule has 2 saturated heterocycles. The van der Waals surface area contributed by atoms with Crippen LogP contribution < -0.4 is 5.32 Å². The number of hydrogen-bond donors (Lipinski definition) is 2. The summed E-state index contributed by atoms with van der Waals surface area (Å²) in [5, 5.41) is 13.7. The molecule has 0 unspecified atom stereocenters. The van der Waals surface area contributed by atoms with Crippen LogP contribution in [0, 0.1) is 11.8 Å². The Bertz CT molecular complexity index is 1590. The second-order valence-corrected chi connectivity index (χ2v) is 13.8. The fourth-order valence-corrected chi connectivity index (χ4v) is 7.65. The van der Waals surface area contributed by atoms with Crippen LogP contribution in [0.15, 0.2) is 42.6 Å². The summed E-state index contributed by atoms with van der Waals surface area (Å²) >= 11 is 13.3. The molecule has 0 bridgehead atoms. The van der Waals surface area contributed by atoms with Crippen molar-refractivity contribution in [1.82, 2.24) is 14.4 Å². The minimum atomic E-state index is -0.730. The number of anilines is 1. The summed E-state index contributed by atoms with van der Waals surface area (Å²) < 4.78 is 8.20. The van der Waals surface area contributed by atoms with E-state index in [1.54, 1.807) is 18.3 Å². The third kappa shape index (κ3) is 6.87. The number of fused-ring (bicyclic) bond motifs is 1. The smallest absolute Gasteiger partial charge is 0.306 e. The lowest BCUT2D eigenvalue weighted by Gasteiger charge is -2.41. The highest BCUT2D eigenvalue weighted by atomic mass is 35.5. The quantitative estimate of drug-likeness (QED) is 0.300. The van der Waals surface area contributed by atoms with E-state index in [1.807, 2.05) is 40.8 Å². The highest BCUT2D eigenvalue weighted by Crippen LogP contribution is 2.34. The van der Waals surface area contributed by atoms with Crippen LogP contribution in [-0.4, -0.2) is 81.7 Å². The standard InChI is InChI=1S/C34H40Cl2N4O5/c1-20-15-39(16-20)23-13-24(19-45-25-9-7-21(8-10-25)34(43)44)40(17-23)32(41)12-22-11-29(36)30(14-28(22)35)37-33(42)27-18-38(2)31-6-4-3-5-26(27)31/h3-6,11,14,18,20-21,23-25H,7-10,12-13,15-17,19H2,1-2H3,(H,37,42)(H,43,44)/t21-,23-,24-,25-/m0/s1. The summed E-state index contributed by atoms with van der Waals surface area (Å²) in [4.78, 5) is 42.7. The van der Waals surface area contributed by atoms with Crippen molar-refractivity contribution in [1.29, 1.82) is 0 Å². The maximum Gasteiger partial charge on any atom is 0.306 e. The van der Waals surface area contributed by atoms with Crippen LogP contribution in [0.25, 0.3) is 10.9 Å². The number of hydrogen-bond acceptors (Lipinski definition) is 5. The van der Waals surface area contributed by atoms with Crippen LogP contribution in [0.3, 0.4) is 0 Å². The van der Waals surface area contributed by atoms with Gasteiger partial charge in [0.1, 0.15) is 0 Å². The molecule has 2 amide bonds. The molecule has 9 nitrogen and oxygen atoms in total. The van der Waals surface area contributed by atoms with Gasteiger partial charge in [-0.15, -0.1) is 0 Å². The van der Waals surface area contributed by atoms with E-state index < -0.39 is 5.97 Å². The minimum absolute atomic E-state index is 0.0190. The lowest BCUT2D eigenvalue weighted by Crippen LogP contribution is -2.52. The number of likely N-dealkylation sites (tertiary alicyclic amines) is 2. The van der Waals surface area contributed by atoms with Crippen LogP contribution in [0.5, 0.6) is 0 Å². The summed E-state index contributed by atoms with van der Waals surface area (Å²) in [6.45, 7) is 5.37. The highest BCUT2D eigenvalue weighted by Gasteiger charge is 2.41. The average molecular weight is 656 g/mol.